The number of halogens is 4. The molecule has 0 aliphatic heterocycles. The molecule has 0 saturated carbocycles. The summed E-state index contributed by atoms with van der Waals surface area (Å²) in [4.78, 5) is 0. The van der Waals surface area contributed by atoms with E-state index in [2.05, 4.69) is 22.6 Å². The van der Waals surface area contributed by atoms with Crippen molar-refractivity contribution < 1.29 is 4.39 Å². The molecule has 0 nitrogen and oxygen atoms in total. The van der Waals surface area contributed by atoms with E-state index < -0.39 is 0 Å². The van der Waals surface area contributed by atoms with Crippen LogP contribution in [-0.2, 0) is 0 Å². The summed E-state index contributed by atoms with van der Waals surface area (Å²) in [6.07, 6.45) is 0. The summed E-state index contributed by atoms with van der Waals surface area (Å²) in [5.74, 6) is -0.173. The molecular weight excluding hydrogens is 397 g/mol. The first kappa shape index (κ1) is 15.1. The highest BCUT2D eigenvalue weighted by atomic mass is 127. The molecule has 0 fully saturated rings. The molecule has 0 aromatic heterocycles. The third kappa shape index (κ3) is 3.23. The molecule has 0 aliphatic carbocycles. The lowest BCUT2D eigenvalue weighted by Crippen LogP contribution is -1.99. The lowest BCUT2D eigenvalue weighted by molar-refractivity contribution is 0.608. The van der Waals surface area contributed by atoms with Crippen LogP contribution in [0.1, 0.15) is 27.6 Å². The molecule has 0 saturated heterocycles. The molecule has 0 bridgehead atoms. The summed E-state index contributed by atoms with van der Waals surface area (Å²) >= 11 is 14.8. The van der Waals surface area contributed by atoms with Gasteiger partial charge in [-0.05, 0) is 76.9 Å². The standard InChI is InChI=1S/C15H12Cl2FI/c1-8-5-10(6-9(2)15(8)18)14(17)12-7-11(16)3-4-13(12)19/h3-7,14H,1-2H3. The quantitative estimate of drug-likeness (QED) is 0.420. The van der Waals surface area contributed by atoms with Crippen molar-refractivity contribution in [1.29, 1.82) is 0 Å². The normalized spacial score (nSPS) is 12.5. The van der Waals surface area contributed by atoms with Crippen LogP contribution in [0.2, 0.25) is 5.02 Å². The van der Waals surface area contributed by atoms with E-state index >= 15 is 0 Å². The average molecular weight is 409 g/mol. The second-order valence-electron chi connectivity index (χ2n) is 4.50. The minimum Gasteiger partial charge on any atom is -0.206 e. The zero-order chi connectivity index (χ0) is 14.2. The molecule has 0 amide bonds. The van der Waals surface area contributed by atoms with E-state index in [1.54, 1.807) is 26.0 Å². The first-order valence-electron chi connectivity index (χ1n) is 5.76. The van der Waals surface area contributed by atoms with E-state index in [0.29, 0.717) is 16.1 Å². The Morgan fingerprint density at radius 3 is 2.26 bits per heavy atom. The van der Waals surface area contributed by atoms with Gasteiger partial charge in [0, 0.05) is 8.59 Å². The predicted octanol–water partition coefficient (Wildman–Crippen LogP) is 6.03. The predicted molar refractivity (Wildman–Crippen MR) is 87.7 cm³/mol. The maximum absolute atomic E-state index is 13.7. The van der Waals surface area contributed by atoms with E-state index in [1.807, 2.05) is 18.2 Å². The van der Waals surface area contributed by atoms with Gasteiger partial charge in [0.15, 0.2) is 0 Å². The zero-order valence-corrected chi connectivity index (χ0v) is 14.1. The number of alkyl halides is 1. The van der Waals surface area contributed by atoms with Crippen molar-refractivity contribution in [1.82, 2.24) is 0 Å². The van der Waals surface area contributed by atoms with Gasteiger partial charge in [-0.1, -0.05) is 23.7 Å². The Hall–Kier alpha value is -0.320. The molecule has 0 aliphatic rings. The summed E-state index contributed by atoms with van der Waals surface area (Å²) in [5.41, 5.74) is 3.05. The summed E-state index contributed by atoms with van der Waals surface area (Å²) < 4.78 is 14.7. The minimum absolute atomic E-state index is 0.173. The van der Waals surface area contributed by atoms with Crippen LogP contribution in [0.25, 0.3) is 0 Å². The largest absolute Gasteiger partial charge is 0.206 e. The van der Waals surface area contributed by atoms with Crippen LogP contribution in [0.15, 0.2) is 30.3 Å². The number of aryl methyl sites for hydroxylation is 2. The summed E-state index contributed by atoms with van der Waals surface area (Å²) in [5, 5.41) is 0.320. The smallest absolute Gasteiger partial charge is 0.129 e. The Kier molecular flexibility index (Phi) is 4.75. The van der Waals surface area contributed by atoms with Crippen molar-refractivity contribution in [3.8, 4) is 0 Å². The summed E-state index contributed by atoms with van der Waals surface area (Å²) in [6, 6.07) is 9.19. The summed E-state index contributed by atoms with van der Waals surface area (Å²) in [6.45, 7) is 3.50. The number of benzene rings is 2. The van der Waals surface area contributed by atoms with Crippen LogP contribution in [-0.4, -0.2) is 0 Å². The van der Waals surface area contributed by atoms with Gasteiger partial charge in [-0.2, -0.15) is 0 Å². The average Bonchev–Trinajstić information content (AvgIpc) is 2.37. The van der Waals surface area contributed by atoms with E-state index in [-0.39, 0.29) is 11.2 Å². The van der Waals surface area contributed by atoms with Gasteiger partial charge in [-0.15, -0.1) is 11.6 Å². The molecule has 2 aromatic carbocycles. The van der Waals surface area contributed by atoms with Crippen LogP contribution >= 0.6 is 45.8 Å². The number of hydrogen-bond donors (Lipinski definition) is 0. The first-order valence-corrected chi connectivity index (χ1v) is 7.65. The van der Waals surface area contributed by atoms with Gasteiger partial charge in [-0.3, -0.25) is 0 Å². The minimum atomic E-state index is -0.330. The van der Waals surface area contributed by atoms with Crippen LogP contribution in [0, 0.1) is 23.2 Å². The highest BCUT2D eigenvalue weighted by Gasteiger charge is 2.16. The van der Waals surface area contributed by atoms with Crippen molar-refractivity contribution in [2.24, 2.45) is 0 Å². The van der Waals surface area contributed by atoms with Crippen molar-refractivity contribution in [3.05, 3.63) is 67.0 Å². The highest BCUT2D eigenvalue weighted by Crippen LogP contribution is 2.34. The van der Waals surface area contributed by atoms with E-state index in [4.69, 9.17) is 23.2 Å². The second kappa shape index (κ2) is 5.98. The number of rotatable bonds is 2. The van der Waals surface area contributed by atoms with Crippen molar-refractivity contribution >= 4 is 45.8 Å². The fraction of sp³-hybridized carbons (Fsp3) is 0.200. The maximum atomic E-state index is 13.7. The van der Waals surface area contributed by atoms with Gasteiger partial charge < -0.3 is 0 Å². The SMILES string of the molecule is Cc1cc(C(Cl)c2cc(Cl)ccc2I)cc(C)c1F. The molecule has 1 atom stereocenters. The van der Waals surface area contributed by atoms with Crippen molar-refractivity contribution in [2.45, 2.75) is 19.2 Å². The van der Waals surface area contributed by atoms with Gasteiger partial charge in [0.1, 0.15) is 5.82 Å². The topological polar surface area (TPSA) is 0 Å². The Morgan fingerprint density at radius 1 is 1.11 bits per heavy atom. The number of hydrogen-bond acceptors (Lipinski definition) is 0. The fourth-order valence-electron chi connectivity index (χ4n) is 2.01. The Labute approximate surface area is 136 Å². The van der Waals surface area contributed by atoms with Crippen molar-refractivity contribution in [2.75, 3.05) is 0 Å². The third-order valence-electron chi connectivity index (χ3n) is 2.98. The van der Waals surface area contributed by atoms with Gasteiger partial charge in [0.05, 0.1) is 5.38 Å². The lowest BCUT2D eigenvalue weighted by atomic mass is 10.00. The molecule has 19 heavy (non-hydrogen) atoms. The molecule has 0 N–H and O–H groups in total. The van der Waals surface area contributed by atoms with Crippen LogP contribution in [0.4, 0.5) is 4.39 Å². The third-order valence-corrected chi connectivity index (χ3v) is 4.69. The van der Waals surface area contributed by atoms with Gasteiger partial charge >= 0.3 is 0 Å². The second-order valence-corrected chi connectivity index (χ2v) is 6.53. The highest BCUT2D eigenvalue weighted by molar-refractivity contribution is 14.1. The van der Waals surface area contributed by atoms with E-state index in [1.165, 1.54) is 0 Å². The molecule has 2 aromatic rings. The Morgan fingerprint density at radius 2 is 1.68 bits per heavy atom. The van der Waals surface area contributed by atoms with E-state index in [9.17, 15) is 4.39 Å². The molecule has 1 unspecified atom stereocenters. The van der Waals surface area contributed by atoms with E-state index in [0.717, 1.165) is 14.7 Å². The van der Waals surface area contributed by atoms with Crippen LogP contribution < -0.4 is 0 Å². The van der Waals surface area contributed by atoms with Crippen LogP contribution in [0.3, 0.4) is 0 Å². The van der Waals surface area contributed by atoms with Gasteiger partial charge in [0.25, 0.3) is 0 Å². The molecule has 2 rings (SSSR count). The zero-order valence-electron chi connectivity index (χ0n) is 10.5. The molecule has 0 spiro atoms. The van der Waals surface area contributed by atoms with Gasteiger partial charge in [0.2, 0.25) is 0 Å². The fourth-order valence-corrected chi connectivity index (χ4v) is 3.33. The summed E-state index contributed by atoms with van der Waals surface area (Å²) in [7, 11) is 0. The lowest BCUT2D eigenvalue weighted by Gasteiger charge is -2.15. The molecule has 4 heteroatoms. The molecule has 0 heterocycles. The van der Waals surface area contributed by atoms with Crippen LogP contribution in [0.5, 0.6) is 0 Å². The van der Waals surface area contributed by atoms with Gasteiger partial charge in [-0.25, -0.2) is 4.39 Å². The molecule has 100 valence electrons. The first-order chi connectivity index (χ1) is 8.90. The molecular formula is C15H12Cl2FI. The monoisotopic (exact) mass is 408 g/mol. The van der Waals surface area contributed by atoms with Crippen molar-refractivity contribution in [3.63, 3.8) is 0 Å². The Balaban J connectivity index is 2.49. The maximum Gasteiger partial charge on any atom is 0.129 e. The Bertz CT molecular complexity index is 603. The molecule has 0 radical (unpaired) electrons.